The number of ether oxygens (including phenoxy) is 1. The third-order valence-electron chi connectivity index (χ3n) is 5.45. The highest BCUT2D eigenvalue weighted by molar-refractivity contribution is 5.85. The van der Waals surface area contributed by atoms with Crippen LogP contribution in [0.5, 0.6) is 5.75 Å². The fraction of sp³-hybridized carbons (Fsp3) is 0.474. The monoisotopic (exact) mass is 326 g/mol. The van der Waals surface area contributed by atoms with Crippen LogP contribution in [0.1, 0.15) is 66.4 Å². The number of para-hydroxylation sites is 1. The van der Waals surface area contributed by atoms with Crippen molar-refractivity contribution >= 4 is 5.97 Å². The third-order valence-corrected chi connectivity index (χ3v) is 5.45. The minimum Gasteiger partial charge on any atom is -0.487 e. The molecule has 1 fully saturated rings. The van der Waals surface area contributed by atoms with Crippen molar-refractivity contribution in [2.24, 2.45) is 0 Å². The number of nitrogens with zero attached hydrogens (tertiary/aromatic N) is 2. The molecule has 0 bridgehead atoms. The van der Waals surface area contributed by atoms with Crippen molar-refractivity contribution in [2.75, 3.05) is 0 Å². The van der Waals surface area contributed by atoms with Crippen LogP contribution in [0, 0.1) is 6.92 Å². The highest BCUT2D eigenvalue weighted by Gasteiger charge is 2.43. The van der Waals surface area contributed by atoms with E-state index in [0.29, 0.717) is 0 Å². The molecule has 5 nitrogen and oxygen atoms in total. The predicted octanol–water partition coefficient (Wildman–Crippen LogP) is 3.96. The zero-order chi connectivity index (χ0) is 16.7. The first-order chi connectivity index (χ1) is 11.6. The van der Waals surface area contributed by atoms with Gasteiger partial charge in [-0.25, -0.2) is 9.78 Å². The molecule has 1 spiro atoms. The van der Waals surface area contributed by atoms with Crippen molar-refractivity contribution in [1.29, 1.82) is 0 Å². The van der Waals surface area contributed by atoms with Crippen molar-refractivity contribution in [2.45, 2.75) is 57.1 Å². The van der Waals surface area contributed by atoms with Gasteiger partial charge in [-0.05, 0) is 38.7 Å². The lowest BCUT2D eigenvalue weighted by molar-refractivity contribution is -0.00279. The summed E-state index contributed by atoms with van der Waals surface area (Å²) >= 11 is 0. The standard InChI is InChI=1S/C19H22N2O3/c1-13-20-12-16(18(22)23)21(13)15-11-19(9-5-2-6-10-19)24-17-8-4-3-7-14(15)17/h3-4,7-8,12,15H,2,5-6,9-11H2,1H3,(H,22,23). The van der Waals surface area contributed by atoms with E-state index in [2.05, 4.69) is 4.98 Å². The Kier molecular flexibility index (Phi) is 3.59. The number of imidazole rings is 1. The average Bonchev–Trinajstić information content (AvgIpc) is 2.96. The molecule has 0 amide bonds. The number of benzene rings is 1. The van der Waals surface area contributed by atoms with Crippen LogP contribution in [0.15, 0.2) is 30.5 Å². The molecule has 1 aliphatic carbocycles. The summed E-state index contributed by atoms with van der Waals surface area (Å²) < 4.78 is 8.32. The van der Waals surface area contributed by atoms with Crippen molar-refractivity contribution in [1.82, 2.24) is 9.55 Å². The molecule has 2 aromatic rings. The maximum atomic E-state index is 11.7. The molecule has 4 rings (SSSR count). The zero-order valence-corrected chi connectivity index (χ0v) is 13.9. The Labute approximate surface area is 141 Å². The summed E-state index contributed by atoms with van der Waals surface area (Å²) in [7, 11) is 0. The van der Waals surface area contributed by atoms with Gasteiger partial charge in [-0.1, -0.05) is 24.6 Å². The lowest BCUT2D eigenvalue weighted by atomic mass is 9.77. The van der Waals surface area contributed by atoms with Gasteiger partial charge in [0.1, 0.15) is 22.9 Å². The molecule has 2 aliphatic rings. The van der Waals surface area contributed by atoms with Gasteiger partial charge >= 0.3 is 5.97 Å². The molecule has 1 unspecified atom stereocenters. The van der Waals surface area contributed by atoms with Crippen LogP contribution in [-0.2, 0) is 0 Å². The fourth-order valence-corrected chi connectivity index (χ4v) is 4.32. The van der Waals surface area contributed by atoms with Gasteiger partial charge in [0.2, 0.25) is 0 Å². The number of hydrogen-bond donors (Lipinski definition) is 1. The lowest BCUT2D eigenvalue weighted by Crippen LogP contribution is -2.44. The second-order valence-corrected chi connectivity index (χ2v) is 6.97. The molecule has 1 N–H and O–H groups in total. The number of hydrogen-bond acceptors (Lipinski definition) is 3. The molecule has 24 heavy (non-hydrogen) atoms. The number of carbonyl (C=O) groups is 1. The molecule has 2 heterocycles. The van der Waals surface area contributed by atoms with Crippen LogP contribution < -0.4 is 4.74 Å². The molecule has 0 saturated heterocycles. The number of fused-ring (bicyclic) bond motifs is 1. The zero-order valence-electron chi connectivity index (χ0n) is 13.9. The normalized spacial score (nSPS) is 22.0. The molecule has 0 radical (unpaired) electrons. The molecular weight excluding hydrogens is 304 g/mol. The van der Waals surface area contributed by atoms with Crippen LogP contribution in [-0.4, -0.2) is 26.2 Å². The minimum atomic E-state index is -0.933. The van der Waals surface area contributed by atoms with Crippen LogP contribution in [0.2, 0.25) is 0 Å². The molecule has 126 valence electrons. The van der Waals surface area contributed by atoms with E-state index in [-0.39, 0.29) is 17.3 Å². The first kappa shape index (κ1) is 15.2. The summed E-state index contributed by atoms with van der Waals surface area (Å²) in [6.45, 7) is 1.87. The second-order valence-electron chi connectivity index (χ2n) is 6.97. The van der Waals surface area contributed by atoms with Crippen LogP contribution >= 0.6 is 0 Å². The molecule has 1 aromatic carbocycles. The van der Waals surface area contributed by atoms with Gasteiger partial charge in [0.15, 0.2) is 0 Å². The maximum Gasteiger partial charge on any atom is 0.354 e. The Morgan fingerprint density at radius 3 is 2.79 bits per heavy atom. The Morgan fingerprint density at radius 1 is 1.29 bits per heavy atom. The molecule has 1 saturated carbocycles. The second kappa shape index (κ2) is 5.65. The highest BCUT2D eigenvalue weighted by Crippen LogP contribution is 2.48. The Morgan fingerprint density at radius 2 is 2.04 bits per heavy atom. The number of aromatic carboxylic acids is 1. The van der Waals surface area contributed by atoms with E-state index in [0.717, 1.165) is 36.4 Å². The predicted molar refractivity (Wildman–Crippen MR) is 89.6 cm³/mol. The van der Waals surface area contributed by atoms with E-state index >= 15 is 0 Å². The Balaban J connectivity index is 1.85. The largest absolute Gasteiger partial charge is 0.487 e. The van der Waals surface area contributed by atoms with Gasteiger partial charge in [-0.2, -0.15) is 0 Å². The minimum absolute atomic E-state index is 0.0401. The quantitative estimate of drug-likeness (QED) is 0.907. The highest BCUT2D eigenvalue weighted by atomic mass is 16.5. The van der Waals surface area contributed by atoms with Gasteiger partial charge in [0, 0.05) is 12.0 Å². The van der Waals surface area contributed by atoms with E-state index in [1.54, 1.807) is 0 Å². The van der Waals surface area contributed by atoms with E-state index < -0.39 is 5.97 Å². The fourth-order valence-electron chi connectivity index (χ4n) is 4.32. The van der Waals surface area contributed by atoms with E-state index in [4.69, 9.17) is 4.74 Å². The van der Waals surface area contributed by atoms with Gasteiger partial charge in [-0.3, -0.25) is 0 Å². The summed E-state index contributed by atoms with van der Waals surface area (Å²) in [4.78, 5) is 15.9. The smallest absolute Gasteiger partial charge is 0.354 e. The maximum absolute atomic E-state index is 11.7. The van der Waals surface area contributed by atoms with E-state index in [9.17, 15) is 9.90 Å². The summed E-state index contributed by atoms with van der Waals surface area (Å²) in [5.74, 6) is 0.692. The van der Waals surface area contributed by atoms with Gasteiger partial charge < -0.3 is 14.4 Å². The van der Waals surface area contributed by atoms with Crippen LogP contribution in [0.25, 0.3) is 0 Å². The lowest BCUT2D eigenvalue weighted by Gasteiger charge is -2.45. The van der Waals surface area contributed by atoms with Crippen molar-refractivity contribution in [3.63, 3.8) is 0 Å². The van der Waals surface area contributed by atoms with Gasteiger partial charge in [-0.15, -0.1) is 0 Å². The molecule has 1 atom stereocenters. The first-order valence-corrected chi connectivity index (χ1v) is 8.65. The van der Waals surface area contributed by atoms with Gasteiger partial charge in [0.25, 0.3) is 0 Å². The number of carboxylic acid groups (broad SMARTS) is 1. The topological polar surface area (TPSA) is 64.3 Å². The van der Waals surface area contributed by atoms with Crippen LogP contribution in [0.4, 0.5) is 0 Å². The number of carboxylic acids is 1. The number of aromatic nitrogens is 2. The number of aryl methyl sites for hydroxylation is 1. The van der Waals surface area contributed by atoms with E-state index in [1.165, 1.54) is 25.5 Å². The van der Waals surface area contributed by atoms with Crippen molar-refractivity contribution < 1.29 is 14.6 Å². The summed E-state index contributed by atoms with van der Waals surface area (Å²) in [6.07, 6.45) is 7.93. The van der Waals surface area contributed by atoms with Crippen molar-refractivity contribution in [3.05, 3.63) is 47.5 Å². The molecule has 5 heteroatoms. The number of rotatable bonds is 2. The summed E-state index contributed by atoms with van der Waals surface area (Å²) in [6, 6.07) is 7.98. The molecule has 1 aliphatic heterocycles. The Bertz CT molecular complexity index is 775. The summed E-state index contributed by atoms with van der Waals surface area (Å²) in [5, 5.41) is 9.57. The van der Waals surface area contributed by atoms with Gasteiger partial charge in [0.05, 0.1) is 12.2 Å². The van der Waals surface area contributed by atoms with Crippen LogP contribution in [0.3, 0.4) is 0 Å². The summed E-state index contributed by atoms with van der Waals surface area (Å²) in [5.41, 5.74) is 1.13. The van der Waals surface area contributed by atoms with E-state index in [1.807, 2.05) is 35.8 Å². The SMILES string of the molecule is Cc1ncc(C(=O)O)n1C1CC2(CCCCC2)Oc2ccccc21. The Hall–Kier alpha value is -2.30. The molecule has 1 aromatic heterocycles. The third kappa shape index (κ3) is 2.39. The average molecular weight is 326 g/mol. The van der Waals surface area contributed by atoms with Crippen molar-refractivity contribution in [3.8, 4) is 5.75 Å². The molecular formula is C19H22N2O3. The first-order valence-electron chi connectivity index (χ1n) is 8.65.